The predicted molar refractivity (Wildman–Crippen MR) is 113 cm³/mol. The highest BCUT2D eigenvalue weighted by molar-refractivity contribution is 9.10. The normalized spacial score (nSPS) is 10.3. The molecule has 3 aromatic carbocycles. The Kier molecular flexibility index (Phi) is 6.45. The molecule has 0 aliphatic carbocycles. The first-order valence-corrected chi connectivity index (χ1v) is 9.50. The molecule has 28 heavy (non-hydrogen) atoms. The third-order valence-corrected chi connectivity index (χ3v) is 4.60. The Balaban J connectivity index is 1.70. The minimum atomic E-state index is -0.515. The number of amides is 2. The van der Waals surface area contributed by atoms with Crippen LogP contribution in [0.2, 0.25) is 0 Å². The van der Waals surface area contributed by atoms with Gasteiger partial charge in [0.2, 0.25) is 5.91 Å². The summed E-state index contributed by atoms with van der Waals surface area (Å²) in [5.41, 5.74) is 7.76. The number of carbonyl (C=O) groups excluding carboxylic acids is 2. The van der Waals surface area contributed by atoms with Crippen LogP contribution in [0, 0.1) is 0 Å². The highest BCUT2D eigenvalue weighted by Gasteiger charge is 2.14. The van der Waals surface area contributed by atoms with E-state index in [1.54, 1.807) is 36.4 Å². The highest BCUT2D eigenvalue weighted by Crippen LogP contribution is 2.25. The van der Waals surface area contributed by atoms with E-state index in [4.69, 9.17) is 10.5 Å². The Morgan fingerprint density at radius 3 is 2.36 bits per heavy atom. The van der Waals surface area contributed by atoms with Gasteiger partial charge in [-0.1, -0.05) is 46.3 Å². The lowest BCUT2D eigenvalue weighted by molar-refractivity contribution is 0.0997. The summed E-state index contributed by atoms with van der Waals surface area (Å²) in [6, 6.07) is 21.7. The Morgan fingerprint density at radius 2 is 1.68 bits per heavy atom. The Morgan fingerprint density at radius 1 is 0.964 bits per heavy atom. The third-order valence-electron chi connectivity index (χ3n) is 4.10. The molecule has 0 bridgehead atoms. The van der Waals surface area contributed by atoms with Gasteiger partial charge in [-0.2, -0.15) is 0 Å². The summed E-state index contributed by atoms with van der Waals surface area (Å²) in [7, 11) is 0. The molecule has 3 N–H and O–H groups in total. The number of ether oxygens (including phenoxy) is 1. The number of nitrogens with two attached hydrogens (primary N) is 1. The van der Waals surface area contributed by atoms with E-state index in [0.29, 0.717) is 29.2 Å². The van der Waals surface area contributed by atoms with Gasteiger partial charge in [0, 0.05) is 22.1 Å². The predicted octanol–water partition coefficient (Wildman–Crippen LogP) is 4.42. The lowest BCUT2D eigenvalue weighted by Gasteiger charge is -2.13. The van der Waals surface area contributed by atoms with Crippen molar-refractivity contribution in [1.82, 2.24) is 0 Å². The van der Waals surface area contributed by atoms with E-state index in [1.807, 2.05) is 36.4 Å². The summed E-state index contributed by atoms with van der Waals surface area (Å²) in [5.74, 6) is -0.313. The molecule has 0 aliphatic rings. The van der Waals surface area contributed by atoms with Gasteiger partial charge >= 0.3 is 0 Å². The number of hydrogen-bond acceptors (Lipinski definition) is 3. The van der Waals surface area contributed by atoms with Gasteiger partial charge in [-0.3, -0.25) is 9.59 Å². The number of anilines is 1. The second-order valence-corrected chi connectivity index (χ2v) is 7.04. The van der Waals surface area contributed by atoms with Crippen molar-refractivity contribution < 1.29 is 14.3 Å². The van der Waals surface area contributed by atoms with Crippen molar-refractivity contribution in [3.05, 3.63) is 94.0 Å². The first-order chi connectivity index (χ1) is 13.5. The first-order valence-electron chi connectivity index (χ1n) is 8.70. The van der Waals surface area contributed by atoms with Crippen LogP contribution in [0.4, 0.5) is 5.69 Å². The summed E-state index contributed by atoms with van der Waals surface area (Å²) in [4.78, 5) is 23.9. The quantitative estimate of drug-likeness (QED) is 0.572. The average Bonchev–Trinajstić information content (AvgIpc) is 2.70. The molecule has 0 unspecified atom stereocenters. The molecule has 3 aromatic rings. The van der Waals surface area contributed by atoms with Gasteiger partial charge in [0.15, 0.2) is 0 Å². The molecule has 2 amide bonds. The molecule has 0 fully saturated rings. The Bertz CT molecular complexity index is 973. The topological polar surface area (TPSA) is 81.4 Å². The van der Waals surface area contributed by atoms with Crippen molar-refractivity contribution in [3.8, 4) is 5.75 Å². The van der Waals surface area contributed by atoms with Crippen LogP contribution in [-0.4, -0.2) is 18.4 Å². The van der Waals surface area contributed by atoms with Gasteiger partial charge in [0.1, 0.15) is 5.75 Å². The van der Waals surface area contributed by atoms with Gasteiger partial charge in [-0.25, -0.2) is 0 Å². The van der Waals surface area contributed by atoms with E-state index in [1.165, 1.54) is 5.56 Å². The largest absolute Gasteiger partial charge is 0.492 e. The number of carbonyl (C=O) groups is 2. The van der Waals surface area contributed by atoms with E-state index in [2.05, 4.69) is 21.2 Å². The van der Waals surface area contributed by atoms with Crippen LogP contribution in [0.15, 0.2) is 77.3 Å². The van der Waals surface area contributed by atoms with Crippen molar-refractivity contribution in [2.24, 2.45) is 5.73 Å². The summed E-state index contributed by atoms with van der Waals surface area (Å²) < 4.78 is 6.64. The molecule has 6 heteroatoms. The molecular formula is C22H19BrN2O3. The summed E-state index contributed by atoms with van der Waals surface area (Å²) in [5, 5.41) is 2.81. The number of nitrogens with one attached hydrogen (secondary N) is 1. The molecule has 0 atom stereocenters. The van der Waals surface area contributed by atoms with Gasteiger partial charge in [0.25, 0.3) is 5.91 Å². The fraction of sp³-hybridized carbons (Fsp3) is 0.0909. The molecule has 0 saturated heterocycles. The molecule has 0 spiro atoms. The van der Waals surface area contributed by atoms with Crippen LogP contribution in [0.1, 0.15) is 26.3 Å². The molecule has 3 rings (SSSR count). The number of hydrogen-bond donors (Lipinski definition) is 2. The lowest BCUT2D eigenvalue weighted by Crippen LogP contribution is -2.15. The maximum Gasteiger partial charge on any atom is 0.259 e. The minimum Gasteiger partial charge on any atom is -0.492 e. The highest BCUT2D eigenvalue weighted by atomic mass is 79.9. The molecular weight excluding hydrogens is 420 g/mol. The molecule has 0 aromatic heterocycles. The van der Waals surface area contributed by atoms with Gasteiger partial charge in [0.05, 0.1) is 12.2 Å². The van der Waals surface area contributed by atoms with Crippen LogP contribution in [0.5, 0.6) is 5.75 Å². The molecule has 5 nitrogen and oxygen atoms in total. The van der Waals surface area contributed by atoms with Gasteiger partial charge < -0.3 is 15.8 Å². The maximum absolute atomic E-state index is 12.7. The average molecular weight is 439 g/mol. The van der Waals surface area contributed by atoms with Crippen molar-refractivity contribution in [1.29, 1.82) is 0 Å². The van der Waals surface area contributed by atoms with Crippen LogP contribution in [-0.2, 0) is 6.42 Å². The molecule has 0 radical (unpaired) electrons. The zero-order chi connectivity index (χ0) is 19.9. The fourth-order valence-corrected chi connectivity index (χ4v) is 3.01. The minimum absolute atomic E-state index is 0.303. The molecule has 142 valence electrons. The SMILES string of the molecule is NC(=O)c1ccc(NC(=O)c2cc(Br)ccc2OCCc2ccccc2)cc1. The van der Waals surface area contributed by atoms with Gasteiger partial charge in [-0.15, -0.1) is 0 Å². The van der Waals surface area contributed by atoms with Crippen LogP contribution < -0.4 is 15.8 Å². The zero-order valence-electron chi connectivity index (χ0n) is 15.0. The summed E-state index contributed by atoms with van der Waals surface area (Å²) >= 11 is 3.39. The van der Waals surface area contributed by atoms with E-state index < -0.39 is 5.91 Å². The lowest BCUT2D eigenvalue weighted by atomic mass is 10.1. The number of halogens is 1. The van der Waals surface area contributed by atoms with Crippen LogP contribution in [0.3, 0.4) is 0 Å². The van der Waals surface area contributed by atoms with E-state index in [0.717, 1.165) is 10.9 Å². The first kappa shape index (κ1) is 19.6. The summed E-state index contributed by atoms with van der Waals surface area (Å²) in [6.07, 6.45) is 0.743. The van der Waals surface area contributed by atoms with E-state index in [9.17, 15) is 9.59 Å². The standard InChI is InChI=1S/C22H19BrN2O3/c23-17-8-11-20(28-13-12-15-4-2-1-3-5-15)19(14-17)22(27)25-18-9-6-16(7-10-18)21(24)26/h1-11,14H,12-13H2,(H2,24,26)(H,25,27). The maximum atomic E-state index is 12.7. The van der Waals surface area contributed by atoms with Crippen LogP contribution >= 0.6 is 15.9 Å². The number of benzene rings is 3. The van der Waals surface area contributed by atoms with Crippen molar-refractivity contribution in [3.63, 3.8) is 0 Å². The number of rotatable bonds is 7. The molecule has 0 aliphatic heterocycles. The third kappa shape index (κ3) is 5.20. The Hall–Kier alpha value is -3.12. The second kappa shape index (κ2) is 9.19. The monoisotopic (exact) mass is 438 g/mol. The van der Waals surface area contributed by atoms with Crippen molar-refractivity contribution in [2.75, 3.05) is 11.9 Å². The molecule has 0 heterocycles. The number of primary amides is 1. The van der Waals surface area contributed by atoms with Crippen LogP contribution in [0.25, 0.3) is 0 Å². The van der Waals surface area contributed by atoms with Crippen molar-refractivity contribution in [2.45, 2.75) is 6.42 Å². The van der Waals surface area contributed by atoms with E-state index in [-0.39, 0.29) is 5.91 Å². The second-order valence-electron chi connectivity index (χ2n) is 6.12. The summed E-state index contributed by atoms with van der Waals surface area (Å²) in [6.45, 7) is 0.458. The zero-order valence-corrected chi connectivity index (χ0v) is 16.6. The Labute approximate surface area is 171 Å². The van der Waals surface area contributed by atoms with Crippen molar-refractivity contribution >= 4 is 33.4 Å². The smallest absolute Gasteiger partial charge is 0.259 e. The molecule has 0 saturated carbocycles. The van der Waals surface area contributed by atoms with E-state index >= 15 is 0 Å². The van der Waals surface area contributed by atoms with Gasteiger partial charge in [-0.05, 0) is 48.0 Å². The fourth-order valence-electron chi connectivity index (χ4n) is 2.65.